The summed E-state index contributed by atoms with van der Waals surface area (Å²) in [5.74, 6) is 0. The number of nitriles is 2. The van der Waals surface area contributed by atoms with Crippen molar-refractivity contribution in [2.24, 2.45) is 0 Å². The van der Waals surface area contributed by atoms with Gasteiger partial charge in [0, 0.05) is 0 Å². The summed E-state index contributed by atoms with van der Waals surface area (Å²) >= 11 is -0.272. The Bertz CT molecular complexity index is 101. The van der Waals surface area contributed by atoms with Crippen molar-refractivity contribution in [2.45, 2.75) is 0 Å². The van der Waals surface area contributed by atoms with Crippen LogP contribution >= 0.6 is 18.9 Å². The molecule has 6 N–H and O–H groups in total. The minimum absolute atomic E-state index is 0. The van der Waals surface area contributed by atoms with Crippen molar-refractivity contribution >= 4 is 18.9 Å². The van der Waals surface area contributed by atoms with Gasteiger partial charge in [-0.05, 0) is 0 Å². The van der Waals surface area contributed by atoms with Gasteiger partial charge in [-0.1, -0.05) is 0 Å². The average molecular weight is 345 g/mol. The fourth-order valence-corrected chi connectivity index (χ4v) is 2.71. The van der Waals surface area contributed by atoms with Crippen LogP contribution in [0.4, 0.5) is 0 Å². The fourth-order valence-electron chi connectivity index (χ4n) is 0.0367. The van der Waals surface area contributed by atoms with Crippen molar-refractivity contribution in [3.8, 4) is 10.8 Å². The number of hydrogen-bond donors (Lipinski definition) is 2. The topological polar surface area (TPSA) is 118 Å². The Morgan fingerprint density at radius 2 is 1.33 bits per heavy atom. The van der Waals surface area contributed by atoms with Crippen LogP contribution in [0.5, 0.6) is 0 Å². The first-order valence-corrected chi connectivity index (χ1v) is 8.01. The van der Waals surface area contributed by atoms with Gasteiger partial charge in [0.2, 0.25) is 0 Å². The van der Waals surface area contributed by atoms with Gasteiger partial charge < -0.3 is 12.3 Å². The Morgan fingerprint density at radius 3 is 1.56 bits per heavy atom. The van der Waals surface area contributed by atoms with E-state index >= 15 is 0 Å². The molecule has 0 rings (SSSR count). The Kier molecular flexibility index (Phi) is 28.2. The molecule has 0 saturated heterocycles. The molecule has 0 radical (unpaired) electrons. The molecule has 0 bridgehead atoms. The van der Waals surface area contributed by atoms with E-state index in [0.29, 0.717) is 0 Å². The molecule has 0 unspecified atom stereocenters. The molecule has 0 aromatic carbocycles. The molecular weight excluding hydrogens is 339 g/mol. The zero-order valence-corrected chi connectivity index (χ0v) is 8.35. The molecule has 0 aliphatic heterocycles. The summed E-state index contributed by atoms with van der Waals surface area (Å²) in [5.41, 5.74) is 0. The first-order valence-electron chi connectivity index (χ1n) is 1.11. The summed E-state index contributed by atoms with van der Waals surface area (Å²) in [6.07, 6.45) is 0. The van der Waals surface area contributed by atoms with Crippen LogP contribution < -0.4 is 12.3 Å². The first kappa shape index (κ1) is 16.1. The predicted molar refractivity (Wildman–Crippen MR) is 36.5 cm³/mol. The van der Waals surface area contributed by atoms with E-state index < -0.39 is 0 Å². The Balaban J connectivity index is -0.000000180. The summed E-state index contributed by atoms with van der Waals surface area (Å²) < 4.78 is 0. The van der Waals surface area contributed by atoms with Crippen LogP contribution in [0.15, 0.2) is 0 Å². The standard InChI is InChI=1S/2CHNS.2H3N.Pt/c2*2-1-3;;;/h2*3H;2*1H3;/q;;;;+2/p-2. The zero-order chi connectivity index (χ0) is 5.54. The van der Waals surface area contributed by atoms with Gasteiger partial charge in [-0.25, -0.2) is 0 Å². The zero-order valence-electron chi connectivity index (χ0n) is 4.44. The molecule has 4 nitrogen and oxygen atoms in total. The minimum atomic E-state index is -0.272. The van der Waals surface area contributed by atoms with E-state index in [1.165, 1.54) is 18.9 Å². The Hall–Kier alpha value is 0.288. The molecule has 0 spiro atoms. The van der Waals surface area contributed by atoms with Crippen molar-refractivity contribution < 1.29 is 16.0 Å². The second-order valence-electron chi connectivity index (χ2n) is 0.364. The van der Waals surface area contributed by atoms with E-state index in [2.05, 4.69) is 0 Å². The van der Waals surface area contributed by atoms with Crippen LogP contribution in [-0.2, 0) is 16.0 Å². The second kappa shape index (κ2) is 15.7. The van der Waals surface area contributed by atoms with Crippen LogP contribution in [0, 0.1) is 21.3 Å². The fraction of sp³-hybridized carbons (Fsp3) is 0. The molecule has 7 heteroatoms. The van der Waals surface area contributed by atoms with Crippen LogP contribution in [-0.4, -0.2) is 0 Å². The summed E-state index contributed by atoms with van der Waals surface area (Å²) in [6, 6.07) is 0. The van der Waals surface area contributed by atoms with E-state index in [0.717, 1.165) is 0 Å². The monoisotopic (exact) mass is 345 g/mol. The normalized spacial score (nSPS) is 5.56. The molecule has 9 heavy (non-hydrogen) atoms. The molecule has 0 fully saturated rings. The van der Waals surface area contributed by atoms with Crippen molar-refractivity contribution in [1.82, 2.24) is 12.3 Å². The van der Waals surface area contributed by atoms with E-state index in [4.69, 9.17) is 10.5 Å². The summed E-state index contributed by atoms with van der Waals surface area (Å²) in [5, 5.41) is 19.6. The SMILES string of the molecule is N.N.N#C[S][Pt][S]C#N. The second-order valence-corrected chi connectivity index (χ2v) is 7.60. The molecule has 56 valence electrons. The van der Waals surface area contributed by atoms with Crippen LogP contribution in [0.1, 0.15) is 0 Å². The van der Waals surface area contributed by atoms with Gasteiger partial charge in [0.25, 0.3) is 0 Å². The quantitative estimate of drug-likeness (QED) is 0.580. The van der Waals surface area contributed by atoms with Crippen molar-refractivity contribution in [3.63, 3.8) is 0 Å². The molecule has 0 aliphatic carbocycles. The third-order valence-electron chi connectivity index (χ3n) is 0.110. The molecule has 0 aromatic heterocycles. The average Bonchev–Trinajstić information content (AvgIpc) is 1.69. The van der Waals surface area contributed by atoms with Gasteiger partial charge in [0.05, 0.1) is 0 Å². The van der Waals surface area contributed by atoms with Crippen molar-refractivity contribution in [3.05, 3.63) is 0 Å². The van der Waals surface area contributed by atoms with Crippen LogP contribution in [0.2, 0.25) is 0 Å². The van der Waals surface area contributed by atoms with E-state index in [-0.39, 0.29) is 28.3 Å². The van der Waals surface area contributed by atoms with Gasteiger partial charge in [0.1, 0.15) is 0 Å². The summed E-state index contributed by atoms with van der Waals surface area (Å²) in [7, 11) is 2.38. The van der Waals surface area contributed by atoms with E-state index in [1.807, 2.05) is 10.8 Å². The number of nitrogens with zero attached hydrogens (tertiary/aromatic N) is 2. The van der Waals surface area contributed by atoms with Crippen LogP contribution in [0.25, 0.3) is 0 Å². The molecule has 0 heterocycles. The van der Waals surface area contributed by atoms with Crippen LogP contribution in [0.3, 0.4) is 0 Å². The number of rotatable bonds is 2. The van der Waals surface area contributed by atoms with Gasteiger partial charge in [0.15, 0.2) is 0 Å². The number of thiocyanates is 2. The van der Waals surface area contributed by atoms with E-state index in [1.54, 1.807) is 0 Å². The molecule has 0 aliphatic rings. The first-order chi connectivity index (χ1) is 3.41. The summed E-state index contributed by atoms with van der Waals surface area (Å²) in [6.45, 7) is 0. The molecule has 0 amide bonds. The molecule has 0 saturated carbocycles. The summed E-state index contributed by atoms with van der Waals surface area (Å²) in [4.78, 5) is 0. The van der Waals surface area contributed by atoms with Gasteiger partial charge >= 0.3 is 56.3 Å². The maximum atomic E-state index is 7.91. The van der Waals surface area contributed by atoms with Crippen molar-refractivity contribution in [1.29, 1.82) is 10.5 Å². The Morgan fingerprint density at radius 1 is 1.00 bits per heavy atom. The Labute approximate surface area is 68.5 Å². The van der Waals surface area contributed by atoms with Gasteiger partial charge in [-0.2, -0.15) is 0 Å². The predicted octanol–water partition coefficient (Wildman–Crippen LogP) is 1.65. The van der Waals surface area contributed by atoms with E-state index in [9.17, 15) is 0 Å². The third-order valence-corrected chi connectivity index (χ3v) is 5.30. The van der Waals surface area contributed by atoms with Gasteiger partial charge in [-0.15, -0.1) is 0 Å². The maximum absolute atomic E-state index is 7.91. The molecular formula is C2H6N4PtS2. The van der Waals surface area contributed by atoms with Crippen molar-refractivity contribution in [2.75, 3.05) is 0 Å². The third kappa shape index (κ3) is 17.8. The number of hydrogen-bond acceptors (Lipinski definition) is 6. The molecule has 0 atom stereocenters. The van der Waals surface area contributed by atoms with Gasteiger partial charge in [-0.3, -0.25) is 0 Å². The molecule has 0 aromatic rings.